The van der Waals surface area contributed by atoms with Crippen molar-refractivity contribution in [2.75, 3.05) is 27.1 Å². The molecule has 0 unspecified atom stereocenters. The van der Waals surface area contributed by atoms with Gasteiger partial charge in [-0.15, -0.1) is 0 Å². The number of nitrogens with zero attached hydrogens (tertiary/aromatic N) is 1. The predicted octanol–water partition coefficient (Wildman–Crippen LogP) is 4.23. The minimum atomic E-state index is -0.986. The Morgan fingerprint density at radius 3 is 2.36 bits per heavy atom. The number of methoxy groups -OCH3 is 1. The summed E-state index contributed by atoms with van der Waals surface area (Å²) in [6.45, 7) is 2.44. The highest BCUT2D eigenvalue weighted by atomic mass is 16.7. The molecule has 11 heteroatoms. The lowest BCUT2D eigenvalue weighted by Gasteiger charge is -2.30. The molecule has 1 saturated heterocycles. The molecule has 1 aromatic heterocycles. The molecule has 3 aromatic rings. The van der Waals surface area contributed by atoms with E-state index in [9.17, 15) is 19.2 Å². The number of benzene rings is 2. The van der Waals surface area contributed by atoms with Crippen molar-refractivity contribution in [3.8, 4) is 11.5 Å². The second kappa shape index (κ2) is 15.6. The monoisotopic (exact) mass is 605 g/mol. The second-order valence-electron chi connectivity index (χ2n) is 10.3. The number of rotatable bonds is 11. The molecular formula is C33H35NO10. The third-order valence-electron chi connectivity index (χ3n) is 7.06. The van der Waals surface area contributed by atoms with Crippen LogP contribution >= 0.6 is 0 Å². The van der Waals surface area contributed by atoms with Gasteiger partial charge in [0, 0.05) is 31.5 Å². The first-order valence-electron chi connectivity index (χ1n) is 14.2. The summed E-state index contributed by atoms with van der Waals surface area (Å²) < 4.78 is 33.4. The fraction of sp³-hybridized carbons (Fsp3) is 0.364. The van der Waals surface area contributed by atoms with Crippen LogP contribution in [0.5, 0.6) is 11.5 Å². The Morgan fingerprint density at radius 1 is 0.977 bits per heavy atom. The normalized spacial score (nSPS) is 20.2. The number of carbonyl (C=O) groups is 4. The number of pyridine rings is 1. The van der Waals surface area contributed by atoms with Crippen LogP contribution < -0.4 is 9.47 Å². The molecule has 2 aromatic carbocycles. The Morgan fingerprint density at radius 2 is 1.68 bits per heavy atom. The number of hydrogen-bond acceptors (Lipinski definition) is 11. The molecule has 44 heavy (non-hydrogen) atoms. The van der Waals surface area contributed by atoms with Gasteiger partial charge in [0.25, 0.3) is 0 Å². The number of aromatic nitrogens is 1. The standard InChI is InChI=1S/C33H35NO10/c1-21-30(44-32(37)24-12-8-5-9-13-24)25(16-23-10-6-4-7-11-23)18-40-19-26(33(38)43-21)17-27(36)29-31(42-20-41-22(2)35)28(39-3)14-15-34-29/h4-15,21,25-26,30H,16-20H2,1-3H3/t21-,25-,26-,30-/m0/s1. The van der Waals surface area contributed by atoms with Crippen molar-refractivity contribution in [2.45, 2.75) is 38.9 Å². The van der Waals surface area contributed by atoms with Gasteiger partial charge in [-0.05, 0) is 31.0 Å². The van der Waals surface area contributed by atoms with Gasteiger partial charge < -0.3 is 28.4 Å². The molecule has 0 saturated carbocycles. The van der Waals surface area contributed by atoms with E-state index in [1.54, 1.807) is 37.3 Å². The van der Waals surface area contributed by atoms with E-state index in [1.807, 2.05) is 30.3 Å². The molecular weight excluding hydrogens is 570 g/mol. The molecule has 0 N–H and O–H groups in total. The molecule has 232 valence electrons. The van der Waals surface area contributed by atoms with Crippen LogP contribution in [0.2, 0.25) is 0 Å². The van der Waals surface area contributed by atoms with Gasteiger partial charge in [-0.25, -0.2) is 9.78 Å². The topological polar surface area (TPSA) is 137 Å². The zero-order valence-electron chi connectivity index (χ0n) is 24.8. The van der Waals surface area contributed by atoms with Crippen LogP contribution in [0.25, 0.3) is 0 Å². The summed E-state index contributed by atoms with van der Waals surface area (Å²) in [4.78, 5) is 55.2. The molecule has 0 radical (unpaired) electrons. The fourth-order valence-corrected chi connectivity index (χ4v) is 4.87. The van der Waals surface area contributed by atoms with Gasteiger partial charge in [-0.2, -0.15) is 0 Å². The van der Waals surface area contributed by atoms with Crippen LogP contribution in [-0.2, 0) is 35.0 Å². The lowest BCUT2D eigenvalue weighted by atomic mass is 9.91. The van der Waals surface area contributed by atoms with Crippen LogP contribution in [0.3, 0.4) is 0 Å². The van der Waals surface area contributed by atoms with Gasteiger partial charge in [0.2, 0.25) is 6.79 Å². The number of Topliss-reactive ketones (excluding diaryl/α,β-unsaturated/α-hetero) is 1. The third-order valence-corrected chi connectivity index (χ3v) is 7.06. The van der Waals surface area contributed by atoms with Crippen molar-refractivity contribution in [1.82, 2.24) is 4.98 Å². The molecule has 0 bridgehead atoms. The van der Waals surface area contributed by atoms with Crippen LogP contribution in [-0.4, -0.2) is 68.0 Å². The van der Waals surface area contributed by atoms with Gasteiger partial charge in [-0.1, -0.05) is 48.5 Å². The molecule has 4 atom stereocenters. The summed E-state index contributed by atoms with van der Waals surface area (Å²) in [6.07, 6.45) is -0.128. The molecule has 2 heterocycles. The smallest absolute Gasteiger partial charge is 0.338 e. The minimum Gasteiger partial charge on any atom is -0.493 e. The highest BCUT2D eigenvalue weighted by Crippen LogP contribution is 2.32. The van der Waals surface area contributed by atoms with Gasteiger partial charge in [0.05, 0.1) is 31.8 Å². The maximum Gasteiger partial charge on any atom is 0.338 e. The van der Waals surface area contributed by atoms with Gasteiger partial charge in [-0.3, -0.25) is 14.4 Å². The van der Waals surface area contributed by atoms with Crippen molar-refractivity contribution in [2.24, 2.45) is 11.8 Å². The molecule has 1 fully saturated rings. The largest absolute Gasteiger partial charge is 0.493 e. The Hall–Kier alpha value is -4.77. The quantitative estimate of drug-likeness (QED) is 0.134. The number of ketones is 1. The van der Waals surface area contributed by atoms with Crippen LogP contribution in [0.4, 0.5) is 0 Å². The molecule has 4 rings (SSSR count). The summed E-state index contributed by atoms with van der Waals surface area (Å²) in [5, 5.41) is 0. The lowest BCUT2D eigenvalue weighted by Crippen LogP contribution is -2.41. The number of ether oxygens (including phenoxy) is 6. The number of esters is 3. The average molecular weight is 606 g/mol. The van der Waals surface area contributed by atoms with Crippen LogP contribution in [0.1, 0.15) is 46.7 Å². The van der Waals surface area contributed by atoms with E-state index in [4.69, 9.17) is 28.4 Å². The number of cyclic esters (lactones) is 1. The third kappa shape index (κ3) is 8.63. The second-order valence-corrected chi connectivity index (χ2v) is 10.3. The average Bonchev–Trinajstić information content (AvgIpc) is 3.07. The molecule has 0 amide bonds. The van der Waals surface area contributed by atoms with Gasteiger partial charge in [0.1, 0.15) is 12.2 Å². The minimum absolute atomic E-state index is 0.0252. The molecule has 0 spiro atoms. The molecule has 0 aliphatic carbocycles. The Kier molecular flexibility index (Phi) is 11.4. The van der Waals surface area contributed by atoms with Crippen molar-refractivity contribution in [1.29, 1.82) is 0 Å². The SMILES string of the molecule is COc1ccnc(C(=O)C[C@H]2COC[C@H](Cc3ccccc3)[C@@H](OC(=O)c3ccccc3)[C@H](C)OC2=O)c1OCOC(C)=O. The number of carbonyl (C=O) groups excluding carboxylic acids is 4. The summed E-state index contributed by atoms with van der Waals surface area (Å²) >= 11 is 0. The Labute approximate surface area is 255 Å². The van der Waals surface area contributed by atoms with E-state index in [1.165, 1.54) is 26.3 Å². The van der Waals surface area contributed by atoms with Gasteiger partial charge in [0.15, 0.2) is 23.0 Å². The zero-order chi connectivity index (χ0) is 31.5. The van der Waals surface area contributed by atoms with Crippen molar-refractivity contribution in [3.63, 3.8) is 0 Å². The Balaban J connectivity index is 1.54. The first-order chi connectivity index (χ1) is 21.3. The van der Waals surface area contributed by atoms with Crippen LogP contribution in [0, 0.1) is 11.8 Å². The van der Waals surface area contributed by atoms with E-state index in [0.29, 0.717) is 12.0 Å². The summed E-state index contributed by atoms with van der Waals surface area (Å²) in [5.74, 6) is -3.51. The first-order valence-corrected chi connectivity index (χ1v) is 14.2. The van der Waals surface area contributed by atoms with E-state index < -0.39 is 48.6 Å². The van der Waals surface area contributed by atoms with Crippen molar-refractivity contribution < 1.29 is 47.6 Å². The van der Waals surface area contributed by atoms with E-state index in [-0.39, 0.29) is 42.7 Å². The highest BCUT2D eigenvalue weighted by molar-refractivity contribution is 5.99. The van der Waals surface area contributed by atoms with E-state index in [2.05, 4.69) is 4.98 Å². The number of hydrogen-bond donors (Lipinski definition) is 0. The molecule has 1 aliphatic heterocycles. The maximum absolute atomic E-state index is 13.4. The maximum atomic E-state index is 13.4. The van der Waals surface area contributed by atoms with Crippen LogP contribution in [0.15, 0.2) is 72.9 Å². The summed E-state index contributed by atoms with van der Waals surface area (Å²) in [6, 6.07) is 19.7. The highest BCUT2D eigenvalue weighted by Gasteiger charge is 2.38. The zero-order valence-corrected chi connectivity index (χ0v) is 24.8. The fourth-order valence-electron chi connectivity index (χ4n) is 4.87. The van der Waals surface area contributed by atoms with Crippen molar-refractivity contribution >= 4 is 23.7 Å². The van der Waals surface area contributed by atoms with E-state index in [0.717, 1.165) is 5.56 Å². The summed E-state index contributed by atoms with van der Waals surface area (Å²) in [7, 11) is 1.39. The van der Waals surface area contributed by atoms with E-state index >= 15 is 0 Å². The molecule has 1 aliphatic rings. The molecule has 11 nitrogen and oxygen atoms in total. The van der Waals surface area contributed by atoms with Crippen molar-refractivity contribution in [3.05, 3.63) is 89.7 Å². The summed E-state index contributed by atoms with van der Waals surface area (Å²) in [5.41, 5.74) is 1.26. The Bertz CT molecular complexity index is 1430. The predicted molar refractivity (Wildman–Crippen MR) is 156 cm³/mol. The van der Waals surface area contributed by atoms with Gasteiger partial charge >= 0.3 is 17.9 Å². The lowest BCUT2D eigenvalue weighted by molar-refractivity contribution is -0.160. The first kappa shape index (κ1) is 32.2.